The monoisotopic (exact) mass is 375 g/mol. The normalized spacial score (nSPS) is 12.9. The lowest BCUT2D eigenvalue weighted by atomic mass is 9.92. The Morgan fingerprint density at radius 3 is 2.44 bits per heavy atom. The summed E-state index contributed by atoms with van der Waals surface area (Å²) in [7, 11) is 0. The van der Waals surface area contributed by atoms with E-state index in [1.807, 2.05) is 13.8 Å². The van der Waals surface area contributed by atoms with Crippen LogP contribution in [-0.4, -0.2) is 35.9 Å². The predicted octanol–water partition coefficient (Wildman–Crippen LogP) is 2.62. The zero-order chi connectivity index (χ0) is 20.0. The number of hydrogen-bond donors (Lipinski definition) is 0. The number of carbonyl (C=O) groups is 4. The van der Waals surface area contributed by atoms with Gasteiger partial charge in [-0.15, -0.1) is 0 Å². The van der Waals surface area contributed by atoms with Gasteiger partial charge in [0.25, 0.3) is 5.91 Å². The Morgan fingerprint density at radius 1 is 1.07 bits per heavy atom. The summed E-state index contributed by atoms with van der Waals surface area (Å²) in [5.41, 5.74) is 0.0877. The van der Waals surface area contributed by atoms with E-state index in [0.717, 1.165) is 25.3 Å². The Labute approximate surface area is 156 Å². The summed E-state index contributed by atoms with van der Waals surface area (Å²) < 4.78 is 5.76. The molecule has 27 heavy (non-hydrogen) atoms. The van der Waals surface area contributed by atoms with Gasteiger partial charge in [-0.25, -0.2) is 19.4 Å². The third-order valence-electron chi connectivity index (χ3n) is 3.80. The minimum atomic E-state index is -1.31. The molecule has 8 heteroatoms. The predicted molar refractivity (Wildman–Crippen MR) is 94.8 cm³/mol. The van der Waals surface area contributed by atoms with Crippen LogP contribution in [0.3, 0.4) is 0 Å². The Morgan fingerprint density at radius 2 is 1.81 bits per heavy atom. The average molecular weight is 375 g/mol. The van der Waals surface area contributed by atoms with Gasteiger partial charge in [0.2, 0.25) is 11.5 Å². The molecule has 0 unspecified atom stereocenters. The number of amides is 1. The maximum atomic E-state index is 12.9. The molecule has 1 aliphatic heterocycles. The first-order valence-electron chi connectivity index (χ1n) is 8.76. The van der Waals surface area contributed by atoms with Crippen molar-refractivity contribution in [2.75, 3.05) is 6.61 Å². The first-order chi connectivity index (χ1) is 12.9. The van der Waals surface area contributed by atoms with Crippen LogP contribution < -0.4 is 4.74 Å². The summed E-state index contributed by atoms with van der Waals surface area (Å²) >= 11 is 0. The minimum Gasteiger partial charge on any atom is -0.493 e. The van der Waals surface area contributed by atoms with Crippen LogP contribution in [-0.2, 0) is 25.8 Å². The molecule has 1 aromatic carbocycles. The number of ketones is 1. The fourth-order valence-electron chi connectivity index (χ4n) is 2.57. The first-order valence-corrected chi connectivity index (χ1v) is 8.76. The number of hydrogen-bond acceptors (Lipinski definition) is 7. The summed E-state index contributed by atoms with van der Waals surface area (Å²) in [6, 6.07) is 3.25. The number of Topliss-reactive ketones (excluding diaryl/α,β-unsaturated/α-hetero) is 1. The van der Waals surface area contributed by atoms with E-state index in [1.165, 1.54) is 6.07 Å². The van der Waals surface area contributed by atoms with Gasteiger partial charge in [0.15, 0.2) is 0 Å². The molecule has 0 radical (unpaired) electrons. The molecule has 0 aromatic heterocycles. The molecule has 0 aliphatic carbocycles. The highest BCUT2D eigenvalue weighted by atomic mass is 17.2. The zero-order valence-corrected chi connectivity index (χ0v) is 15.5. The molecule has 0 saturated carbocycles. The number of aryl methyl sites for hydroxylation is 1. The molecule has 8 nitrogen and oxygen atoms in total. The summed E-state index contributed by atoms with van der Waals surface area (Å²) in [4.78, 5) is 59.9. The number of fused-ring (bicyclic) bond motifs is 1. The van der Waals surface area contributed by atoms with E-state index in [1.54, 1.807) is 6.07 Å². The van der Waals surface area contributed by atoms with Gasteiger partial charge in [-0.05, 0) is 30.9 Å². The quantitative estimate of drug-likeness (QED) is 0.532. The Bertz CT molecular complexity index is 811. The number of ether oxygens (including phenoxy) is 1. The van der Waals surface area contributed by atoms with Gasteiger partial charge in [0.05, 0.1) is 17.7 Å². The number of benzene rings is 1. The van der Waals surface area contributed by atoms with Crippen molar-refractivity contribution < 1.29 is 33.7 Å². The fraction of sp³-hybridized carbons (Fsp3) is 0.421. The van der Waals surface area contributed by atoms with Crippen LogP contribution in [0.5, 0.6) is 5.75 Å². The van der Waals surface area contributed by atoms with E-state index in [4.69, 9.17) is 4.74 Å². The molecule has 144 valence electrons. The first kappa shape index (κ1) is 20.3. The molecular formula is C19H21NO7. The second-order valence-corrected chi connectivity index (χ2v) is 5.97. The van der Waals surface area contributed by atoms with E-state index in [0.29, 0.717) is 19.4 Å². The van der Waals surface area contributed by atoms with Crippen molar-refractivity contribution in [3.05, 3.63) is 28.8 Å². The minimum absolute atomic E-state index is 0.00757. The van der Waals surface area contributed by atoms with E-state index < -0.39 is 29.3 Å². The van der Waals surface area contributed by atoms with Crippen LogP contribution in [0.4, 0.5) is 0 Å². The molecule has 0 saturated heterocycles. The Hall–Kier alpha value is -3.03. The maximum absolute atomic E-state index is 12.9. The van der Waals surface area contributed by atoms with Crippen molar-refractivity contribution in [3.8, 4) is 5.75 Å². The largest absolute Gasteiger partial charge is 0.493 e. The summed E-state index contributed by atoms with van der Waals surface area (Å²) in [5.74, 6) is -3.47. The molecule has 1 aliphatic rings. The maximum Gasteiger partial charge on any atom is 0.408 e. The van der Waals surface area contributed by atoms with Crippen molar-refractivity contribution in [3.63, 3.8) is 0 Å². The lowest BCUT2D eigenvalue weighted by Crippen LogP contribution is -2.33. The molecule has 0 N–H and O–H groups in total. The number of rotatable bonds is 7. The van der Waals surface area contributed by atoms with E-state index >= 15 is 0 Å². The van der Waals surface area contributed by atoms with Crippen LogP contribution in [0.2, 0.25) is 0 Å². The Balaban J connectivity index is 2.46. The second-order valence-electron chi connectivity index (χ2n) is 5.97. The molecule has 0 spiro atoms. The van der Waals surface area contributed by atoms with Crippen molar-refractivity contribution in [1.29, 1.82) is 0 Å². The number of aliphatic imine (C=N–C) groups is 1. The molecule has 1 aromatic rings. The van der Waals surface area contributed by atoms with Crippen LogP contribution in [0.1, 0.15) is 66.3 Å². The van der Waals surface area contributed by atoms with E-state index in [-0.39, 0.29) is 16.9 Å². The fourth-order valence-corrected chi connectivity index (χ4v) is 2.57. The van der Waals surface area contributed by atoms with Gasteiger partial charge >= 0.3 is 11.9 Å². The smallest absolute Gasteiger partial charge is 0.408 e. The van der Waals surface area contributed by atoms with Crippen molar-refractivity contribution >= 4 is 29.3 Å². The lowest BCUT2D eigenvalue weighted by molar-refractivity contribution is -0.251. The van der Waals surface area contributed by atoms with Crippen LogP contribution in [0.15, 0.2) is 17.1 Å². The number of nitrogens with zero attached hydrogens (tertiary/aromatic N) is 1. The van der Waals surface area contributed by atoms with E-state index in [9.17, 15) is 19.2 Å². The van der Waals surface area contributed by atoms with Crippen LogP contribution in [0.25, 0.3) is 0 Å². The van der Waals surface area contributed by atoms with Crippen LogP contribution in [0, 0.1) is 0 Å². The molecular weight excluding hydrogens is 354 g/mol. The van der Waals surface area contributed by atoms with Crippen molar-refractivity contribution in [2.45, 2.75) is 46.5 Å². The average Bonchev–Trinajstić information content (AvgIpc) is 2.65. The number of carbonyl (C=O) groups excluding carboxylic acids is 4. The standard InChI is InChI=1S/C19H21NO7/c1-4-6-7-12-8-9-13-14(17(12)25-10-5-2)16(22)15(20-18(13)23)19(24)27-26-11(3)21/h8-9H,4-7,10H2,1-3H3. The molecule has 1 heterocycles. The topological polar surface area (TPSA) is 108 Å². The summed E-state index contributed by atoms with van der Waals surface area (Å²) in [6.07, 6.45) is 3.18. The van der Waals surface area contributed by atoms with Crippen molar-refractivity contribution in [2.24, 2.45) is 4.99 Å². The highest BCUT2D eigenvalue weighted by Gasteiger charge is 2.37. The molecule has 1 amide bonds. The highest BCUT2D eigenvalue weighted by Crippen LogP contribution is 2.32. The summed E-state index contributed by atoms with van der Waals surface area (Å²) in [5, 5.41) is 0. The van der Waals surface area contributed by atoms with Crippen LogP contribution >= 0.6 is 0 Å². The second kappa shape index (κ2) is 9.07. The molecule has 2 rings (SSSR count). The molecule has 0 fully saturated rings. The van der Waals surface area contributed by atoms with Gasteiger partial charge in [-0.2, -0.15) is 4.99 Å². The zero-order valence-electron chi connectivity index (χ0n) is 15.5. The van der Waals surface area contributed by atoms with Gasteiger partial charge in [0.1, 0.15) is 5.75 Å². The molecule has 0 atom stereocenters. The molecule has 0 bridgehead atoms. The van der Waals surface area contributed by atoms with E-state index in [2.05, 4.69) is 14.8 Å². The third kappa shape index (κ3) is 4.58. The van der Waals surface area contributed by atoms with Gasteiger partial charge < -0.3 is 4.74 Å². The van der Waals surface area contributed by atoms with Crippen molar-refractivity contribution in [1.82, 2.24) is 0 Å². The lowest BCUT2D eigenvalue weighted by Gasteiger charge is -2.19. The number of unbranched alkanes of at least 4 members (excludes halogenated alkanes) is 1. The van der Waals surface area contributed by atoms with Gasteiger partial charge in [-0.1, -0.05) is 26.3 Å². The van der Waals surface area contributed by atoms with Gasteiger partial charge in [0, 0.05) is 6.92 Å². The van der Waals surface area contributed by atoms with Gasteiger partial charge in [-0.3, -0.25) is 9.59 Å². The SMILES string of the molecule is CCCCc1ccc2c(c1OCCC)C(=O)C(C(=O)OOC(C)=O)=NC2=O. The third-order valence-corrected chi connectivity index (χ3v) is 3.80. The summed E-state index contributed by atoms with van der Waals surface area (Å²) in [6.45, 7) is 5.32. The highest BCUT2D eigenvalue weighted by molar-refractivity contribution is 6.70. The Kier molecular flexibility index (Phi) is 6.81.